The molecule has 4 aliphatic heterocycles. The van der Waals surface area contributed by atoms with Gasteiger partial charge in [-0.25, -0.2) is 23.5 Å². The van der Waals surface area contributed by atoms with E-state index in [2.05, 4.69) is 51.5 Å². The van der Waals surface area contributed by atoms with Crippen LogP contribution >= 0.6 is 0 Å². The smallest absolute Gasteiger partial charge is 0.261 e. The van der Waals surface area contributed by atoms with E-state index >= 15 is 0 Å². The lowest BCUT2D eigenvalue weighted by Crippen LogP contribution is -2.47. The first-order valence-corrected chi connectivity index (χ1v) is 37.3. The number of nitrogens with two attached hydrogens (primary N) is 1. The van der Waals surface area contributed by atoms with Gasteiger partial charge in [-0.1, -0.05) is 72.8 Å². The van der Waals surface area contributed by atoms with Crippen molar-refractivity contribution in [1.82, 2.24) is 54.2 Å². The van der Waals surface area contributed by atoms with Gasteiger partial charge in [-0.05, 0) is 134 Å². The number of hydrogen-bond donors (Lipinski definition) is 4. The van der Waals surface area contributed by atoms with E-state index in [0.717, 1.165) is 74.1 Å². The summed E-state index contributed by atoms with van der Waals surface area (Å²) < 4.78 is 28.7. The molecule has 6 heterocycles. The number of nitrogens with one attached hydrogen (secondary N) is 2. The highest BCUT2D eigenvalue weighted by atomic mass is 32.2. The summed E-state index contributed by atoms with van der Waals surface area (Å²) in [6, 6.07) is 45.0. The number of anilines is 1. The quantitative estimate of drug-likeness (QED) is 0.0197. The average molecular weight is 1460 g/mol. The van der Waals surface area contributed by atoms with Crippen LogP contribution in [0.1, 0.15) is 101 Å². The minimum atomic E-state index is -4.07. The molecule has 4 aliphatic rings. The first-order valence-electron chi connectivity index (χ1n) is 35.7. The van der Waals surface area contributed by atoms with Gasteiger partial charge in [0, 0.05) is 179 Å². The number of amides is 8. The number of para-hydroxylation sites is 1. The first kappa shape index (κ1) is 72.5. The topological polar surface area (TPSA) is 296 Å². The Labute approximate surface area is 617 Å². The Morgan fingerprint density at radius 1 is 0.449 bits per heavy atom. The fraction of sp³-hybridized carbons (Fsp3) is 0.259. The number of sulfonamides is 1. The maximum Gasteiger partial charge on any atom is 0.261 e. The molecule has 107 heavy (non-hydrogen) atoms. The fourth-order valence-electron chi connectivity index (χ4n) is 14.9. The minimum Gasteiger partial charge on any atom is -0.396 e. The van der Waals surface area contributed by atoms with Crippen LogP contribution in [0.3, 0.4) is 0 Å². The summed E-state index contributed by atoms with van der Waals surface area (Å²) in [6.45, 7) is 6.65. The number of aliphatic hydroxyl groups is 1. The summed E-state index contributed by atoms with van der Waals surface area (Å²) in [5.74, 6) is -2.87. The molecule has 0 atom stereocenters. The molecule has 0 unspecified atom stereocenters. The molecule has 0 bridgehead atoms. The van der Waals surface area contributed by atoms with Crippen LogP contribution < -0.4 is 20.7 Å². The lowest BCUT2D eigenvalue weighted by atomic mass is 9.90. The number of carbonyl (C=O) groups is 8. The van der Waals surface area contributed by atoms with Crippen LogP contribution in [0.25, 0.3) is 54.5 Å². The molecule has 0 aliphatic carbocycles. The Bertz CT molecular complexity index is 5410. The number of aromatic nitrogens is 4. The molecule has 0 radical (unpaired) electrons. The van der Waals surface area contributed by atoms with E-state index < -0.39 is 21.8 Å². The zero-order valence-corrected chi connectivity index (χ0v) is 60.4. The van der Waals surface area contributed by atoms with Crippen LogP contribution in [-0.2, 0) is 16.4 Å². The number of likely N-dealkylation sites (N-methyl/N-ethyl adjacent to an activating group) is 1. The van der Waals surface area contributed by atoms with Crippen molar-refractivity contribution in [1.29, 1.82) is 0 Å². The van der Waals surface area contributed by atoms with Gasteiger partial charge in [0.15, 0.2) is 0 Å². The maximum atomic E-state index is 13.8. The highest BCUT2D eigenvalue weighted by molar-refractivity contribution is 7.89. The molecule has 25 nitrogen and oxygen atoms in total. The third-order valence-corrected chi connectivity index (χ3v) is 21.2. The second kappa shape index (κ2) is 30.5. The van der Waals surface area contributed by atoms with E-state index in [1.54, 1.807) is 79.6 Å². The van der Waals surface area contributed by atoms with Crippen LogP contribution in [0.2, 0.25) is 0 Å². The zero-order valence-electron chi connectivity index (χ0n) is 59.6. The van der Waals surface area contributed by atoms with E-state index in [4.69, 9.17) is 5.14 Å². The molecule has 8 amide bonds. The molecule has 0 saturated heterocycles. The van der Waals surface area contributed by atoms with Gasteiger partial charge in [0.05, 0.1) is 56.6 Å². The number of aliphatic hydroxyl groups excluding tert-OH is 1. The number of nitrogens with zero attached hydrogens (tertiary/aromatic N) is 11. The normalized spacial score (nSPS) is 14.3. The number of carbonyl (C=O) groups excluding carboxylic acids is 8. The lowest BCUT2D eigenvalue weighted by molar-refractivity contribution is -0.869. The van der Waals surface area contributed by atoms with E-state index in [0.29, 0.717) is 125 Å². The summed E-state index contributed by atoms with van der Waals surface area (Å²) in [5.41, 5.74) is 7.07. The highest BCUT2D eigenvalue weighted by Gasteiger charge is 2.38. The Morgan fingerprint density at radius 2 is 0.897 bits per heavy atom. The van der Waals surface area contributed by atoms with Crippen molar-refractivity contribution in [2.45, 2.75) is 24.2 Å². The first-order chi connectivity index (χ1) is 51.7. The van der Waals surface area contributed by atoms with Crippen LogP contribution in [0.5, 0.6) is 0 Å². The maximum absolute atomic E-state index is 13.8. The molecule has 0 spiro atoms. The van der Waals surface area contributed by atoms with Gasteiger partial charge in [0.2, 0.25) is 10.0 Å². The number of primary sulfonamides is 1. The third kappa shape index (κ3) is 14.5. The van der Waals surface area contributed by atoms with Crippen LogP contribution in [-0.4, -0.2) is 228 Å². The Kier molecular flexibility index (Phi) is 20.7. The summed E-state index contributed by atoms with van der Waals surface area (Å²) in [5, 5.41) is 26.9. The van der Waals surface area contributed by atoms with Gasteiger partial charge in [0.25, 0.3) is 47.3 Å². The van der Waals surface area contributed by atoms with Gasteiger partial charge in [0.1, 0.15) is 0 Å². The number of quaternary nitrogens is 1. The molecule has 546 valence electrons. The summed E-state index contributed by atoms with van der Waals surface area (Å²) in [7, 11) is 2.27. The molecule has 2 aromatic heterocycles. The molecule has 11 aromatic rings. The van der Waals surface area contributed by atoms with Crippen molar-refractivity contribution in [2.75, 3.05) is 124 Å². The predicted molar refractivity (Wildman–Crippen MR) is 407 cm³/mol. The highest BCUT2D eigenvalue weighted by Crippen LogP contribution is 2.38. The SMILES string of the molecule is C[N+](C)(C)CCN(CCCNCCN1C(=O)c2cccc3cc(S(N)(=O)=O)cc(c23)C1=O)CCN1C(=O)c2cccc3c(-n4ccnc4)ccc(c23)C1=O.O=C1c2cccc3c(CCO)ccc(c23)C(=O)N1CCNCCCN(CCN1C(=O)c2cccc3c(-n4ccnc4)ccc(c23)C1=O)c1ccccc1. The van der Waals surface area contributed by atoms with Crippen molar-refractivity contribution in [3.05, 3.63) is 239 Å². The van der Waals surface area contributed by atoms with Gasteiger partial charge in [-0.2, -0.15) is 0 Å². The third-order valence-electron chi connectivity index (χ3n) is 20.3. The van der Waals surface area contributed by atoms with Crippen LogP contribution in [0.15, 0.2) is 194 Å². The number of imide groups is 4. The lowest BCUT2D eigenvalue weighted by Gasteiger charge is -2.32. The molecule has 15 rings (SSSR count). The second-order valence-corrected chi connectivity index (χ2v) is 29.5. The Balaban J connectivity index is 0.000000179. The van der Waals surface area contributed by atoms with Gasteiger partial charge >= 0.3 is 0 Å². The molecule has 0 saturated carbocycles. The number of hydrogen-bond acceptors (Lipinski definition) is 17. The summed E-state index contributed by atoms with van der Waals surface area (Å²) in [4.78, 5) is 127. The van der Waals surface area contributed by atoms with Crippen molar-refractivity contribution in [3.63, 3.8) is 0 Å². The molecule has 9 aromatic carbocycles. The molecular weight excluding hydrogens is 1380 g/mol. The summed E-state index contributed by atoms with van der Waals surface area (Å²) >= 11 is 0. The standard InChI is InChI=1S/C42H38N6O5.C39H43N8O6S/c49-26-17-28-13-14-34-37-30(28)9-4-11-32(37)39(50)47(41(34)52)23-20-43-18-6-21-45(29-7-2-1-3-8-29)24-25-48-40(51)33-12-5-10-31-36(46-22-19-44-27-46)16-15-35(38(31)33)42(48)53;1-47(2,3)22-21-43(19-20-46-37(49)30-10-5-8-28-33(44-17-14-42-25-44)12-11-31(35(28)30)38(46)50)16-6-13-41-15-18-45-36(48)29-9-4-7-26-23-27(54(40,52)53)24-32(34(26)29)39(45)51/h1-5,7-16,19,22,27,43,49H,6,17-18,20-21,23-26H2;4-5,7-12,14,17,23-25,41H,6,13,15-16,18-22H2,1-3H3,(H2,40,52,53)/q;+1. The molecule has 26 heteroatoms. The molecular formula is C81H81N14O11S+. The molecule has 5 N–H and O–H groups in total. The largest absolute Gasteiger partial charge is 0.396 e. The monoisotopic (exact) mass is 1460 g/mol. The van der Waals surface area contributed by atoms with E-state index in [9.17, 15) is 51.9 Å². The summed E-state index contributed by atoms with van der Waals surface area (Å²) in [6.07, 6.45) is 12.4. The van der Waals surface area contributed by atoms with E-state index in [-0.39, 0.29) is 78.7 Å². The second-order valence-electron chi connectivity index (χ2n) is 28.0. The van der Waals surface area contributed by atoms with Crippen LogP contribution in [0.4, 0.5) is 5.69 Å². The average Bonchev–Trinajstić information content (AvgIpc) is 1.30. The van der Waals surface area contributed by atoms with Gasteiger partial charge < -0.3 is 34.3 Å². The van der Waals surface area contributed by atoms with E-state index in [1.807, 2.05) is 106 Å². The van der Waals surface area contributed by atoms with Gasteiger partial charge in [-0.3, -0.25) is 62.9 Å². The van der Waals surface area contributed by atoms with Gasteiger partial charge in [-0.15, -0.1) is 0 Å². The van der Waals surface area contributed by atoms with Crippen molar-refractivity contribution in [2.24, 2.45) is 5.14 Å². The van der Waals surface area contributed by atoms with E-state index in [1.165, 1.54) is 26.8 Å². The zero-order chi connectivity index (χ0) is 74.8. The predicted octanol–water partition coefficient (Wildman–Crippen LogP) is 7.80. The minimum absolute atomic E-state index is 0.0133. The van der Waals surface area contributed by atoms with Crippen molar-refractivity contribution in [3.8, 4) is 11.4 Å². The van der Waals surface area contributed by atoms with Crippen molar-refractivity contribution >= 4 is 106 Å². The van der Waals surface area contributed by atoms with Crippen molar-refractivity contribution < 1.29 is 56.4 Å². The number of rotatable bonds is 29. The Morgan fingerprint density at radius 3 is 1.39 bits per heavy atom. The number of benzene rings is 9. The Hall–Kier alpha value is -11.5. The van der Waals surface area contributed by atoms with Crippen LogP contribution in [0, 0.1) is 0 Å². The molecule has 0 fully saturated rings. The fourth-order valence-corrected chi connectivity index (χ4v) is 15.4. The number of imidazole rings is 2.